The standard InChI is InChI=1S/C19H29BrN6.HI/c1-5-17-25-24-14-26(17)12-11-22-18(21-6-2)23-13-19(3,4)15-7-9-16(20)10-8-15;/h7-10,14H,5-6,11-13H2,1-4H3,(H2,21,22,23);1H. The first-order chi connectivity index (χ1) is 12.5. The van der Waals surface area contributed by atoms with E-state index in [1.54, 1.807) is 6.33 Å². The summed E-state index contributed by atoms with van der Waals surface area (Å²) in [6.07, 6.45) is 2.66. The Morgan fingerprint density at radius 2 is 1.89 bits per heavy atom. The number of hydrogen-bond donors (Lipinski definition) is 2. The highest BCUT2D eigenvalue weighted by Crippen LogP contribution is 2.25. The summed E-state index contributed by atoms with van der Waals surface area (Å²) in [5.41, 5.74) is 1.24. The Kier molecular flexibility index (Phi) is 10.3. The highest BCUT2D eigenvalue weighted by molar-refractivity contribution is 14.0. The van der Waals surface area contributed by atoms with Crippen molar-refractivity contribution in [3.8, 4) is 0 Å². The van der Waals surface area contributed by atoms with Crippen LogP contribution in [0.2, 0.25) is 0 Å². The Bertz CT molecular complexity index is 711. The Morgan fingerprint density at radius 3 is 2.52 bits per heavy atom. The lowest BCUT2D eigenvalue weighted by Crippen LogP contribution is -2.40. The monoisotopic (exact) mass is 548 g/mol. The van der Waals surface area contributed by atoms with Gasteiger partial charge in [-0.2, -0.15) is 0 Å². The molecule has 1 aromatic carbocycles. The van der Waals surface area contributed by atoms with Crippen molar-refractivity contribution in [3.05, 3.63) is 46.5 Å². The lowest BCUT2D eigenvalue weighted by atomic mass is 9.85. The summed E-state index contributed by atoms with van der Waals surface area (Å²) in [5.74, 6) is 1.84. The summed E-state index contributed by atoms with van der Waals surface area (Å²) in [4.78, 5) is 4.79. The van der Waals surface area contributed by atoms with Crippen molar-refractivity contribution >= 4 is 45.9 Å². The molecule has 2 rings (SSSR count). The molecule has 150 valence electrons. The zero-order chi connectivity index (χ0) is 19.0. The maximum absolute atomic E-state index is 4.79. The zero-order valence-corrected chi connectivity index (χ0v) is 20.4. The third-order valence-corrected chi connectivity index (χ3v) is 4.79. The molecule has 27 heavy (non-hydrogen) atoms. The predicted octanol–water partition coefficient (Wildman–Crippen LogP) is 3.75. The van der Waals surface area contributed by atoms with Crippen LogP contribution in [0.15, 0.2) is 40.1 Å². The molecule has 2 aromatic rings. The summed E-state index contributed by atoms with van der Waals surface area (Å²) in [5, 5.41) is 14.8. The van der Waals surface area contributed by atoms with Crippen LogP contribution < -0.4 is 10.6 Å². The van der Waals surface area contributed by atoms with E-state index in [-0.39, 0.29) is 29.4 Å². The number of rotatable bonds is 8. The molecule has 0 aliphatic heterocycles. The fourth-order valence-corrected chi connectivity index (χ4v) is 2.91. The average Bonchev–Trinajstić information content (AvgIpc) is 3.07. The van der Waals surface area contributed by atoms with Gasteiger partial charge in [0.2, 0.25) is 0 Å². The zero-order valence-electron chi connectivity index (χ0n) is 16.5. The largest absolute Gasteiger partial charge is 0.357 e. The van der Waals surface area contributed by atoms with Gasteiger partial charge in [-0.05, 0) is 24.6 Å². The van der Waals surface area contributed by atoms with E-state index in [9.17, 15) is 0 Å². The van der Waals surface area contributed by atoms with Crippen LogP contribution in [0.5, 0.6) is 0 Å². The van der Waals surface area contributed by atoms with Gasteiger partial charge in [-0.3, -0.25) is 4.99 Å². The van der Waals surface area contributed by atoms with Crippen LogP contribution in [0, 0.1) is 0 Å². The van der Waals surface area contributed by atoms with Gasteiger partial charge in [-0.25, -0.2) is 0 Å². The maximum Gasteiger partial charge on any atom is 0.191 e. The van der Waals surface area contributed by atoms with Crippen molar-refractivity contribution in [3.63, 3.8) is 0 Å². The van der Waals surface area contributed by atoms with Gasteiger partial charge in [0.1, 0.15) is 12.2 Å². The first-order valence-corrected chi connectivity index (χ1v) is 9.90. The number of halogens is 2. The smallest absolute Gasteiger partial charge is 0.191 e. The van der Waals surface area contributed by atoms with Crippen LogP contribution in [-0.4, -0.2) is 40.4 Å². The quantitative estimate of drug-likeness (QED) is 0.299. The molecule has 6 nitrogen and oxygen atoms in total. The molecule has 0 saturated carbocycles. The van der Waals surface area contributed by atoms with E-state index in [0.29, 0.717) is 6.54 Å². The van der Waals surface area contributed by atoms with Gasteiger partial charge >= 0.3 is 0 Å². The van der Waals surface area contributed by atoms with Gasteiger partial charge in [0.05, 0.1) is 6.54 Å². The van der Waals surface area contributed by atoms with Crippen molar-refractivity contribution in [2.75, 3.05) is 19.6 Å². The van der Waals surface area contributed by atoms with E-state index in [0.717, 1.165) is 42.3 Å². The molecular formula is C19H30BrIN6. The Morgan fingerprint density at radius 1 is 1.19 bits per heavy atom. The van der Waals surface area contributed by atoms with Crippen molar-refractivity contribution in [1.29, 1.82) is 0 Å². The SMILES string of the molecule is CCNC(=NCC(C)(C)c1ccc(Br)cc1)NCCn1cnnc1CC.I. The van der Waals surface area contributed by atoms with Gasteiger partial charge in [-0.15, -0.1) is 34.2 Å². The molecule has 8 heteroatoms. The molecule has 0 radical (unpaired) electrons. The van der Waals surface area contributed by atoms with Gasteiger partial charge in [-0.1, -0.05) is 48.8 Å². The molecule has 0 spiro atoms. The van der Waals surface area contributed by atoms with Crippen molar-refractivity contribution < 1.29 is 0 Å². The topological polar surface area (TPSA) is 67.1 Å². The minimum absolute atomic E-state index is 0. The van der Waals surface area contributed by atoms with Crippen molar-refractivity contribution in [1.82, 2.24) is 25.4 Å². The summed E-state index contributed by atoms with van der Waals surface area (Å²) >= 11 is 3.49. The summed E-state index contributed by atoms with van der Waals surface area (Å²) in [6, 6.07) is 8.46. The molecule has 2 N–H and O–H groups in total. The first kappa shape index (κ1) is 23.9. The lowest BCUT2D eigenvalue weighted by molar-refractivity contribution is 0.536. The molecule has 0 amide bonds. The van der Waals surface area contributed by atoms with E-state index in [1.807, 2.05) is 0 Å². The van der Waals surface area contributed by atoms with Crippen molar-refractivity contribution in [2.45, 2.75) is 46.1 Å². The molecule has 0 saturated heterocycles. The van der Waals surface area contributed by atoms with Gasteiger partial charge < -0.3 is 15.2 Å². The highest BCUT2D eigenvalue weighted by atomic mass is 127. The molecule has 0 aliphatic carbocycles. The predicted molar refractivity (Wildman–Crippen MR) is 126 cm³/mol. The number of aryl methyl sites for hydroxylation is 1. The molecule has 1 aromatic heterocycles. The summed E-state index contributed by atoms with van der Waals surface area (Å²) in [7, 11) is 0. The van der Waals surface area contributed by atoms with Crippen LogP contribution >= 0.6 is 39.9 Å². The van der Waals surface area contributed by atoms with Crippen LogP contribution in [0.25, 0.3) is 0 Å². The van der Waals surface area contributed by atoms with E-state index in [4.69, 9.17) is 4.99 Å². The van der Waals surface area contributed by atoms with Gasteiger partial charge in [0.25, 0.3) is 0 Å². The fourth-order valence-electron chi connectivity index (χ4n) is 2.65. The molecule has 0 unspecified atom stereocenters. The third kappa shape index (κ3) is 7.40. The van der Waals surface area contributed by atoms with Crippen molar-refractivity contribution in [2.24, 2.45) is 4.99 Å². The number of nitrogens with zero attached hydrogens (tertiary/aromatic N) is 4. The Balaban J connectivity index is 0.00000364. The first-order valence-electron chi connectivity index (χ1n) is 9.11. The highest BCUT2D eigenvalue weighted by Gasteiger charge is 2.20. The van der Waals surface area contributed by atoms with Crippen LogP contribution in [0.3, 0.4) is 0 Å². The number of aliphatic imine (C=N–C) groups is 1. The minimum Gasteiger partial charge on any atom is -0.357 e. The lowest BCUT2D eigenvalue weighted by Gasteiger charge is -2.24. The number of aromatic nitrogens is 3. The summed E-state index contributed by atoms with van der Waals surface area (Å²) < 4.78 is 3.17. The number of nitrogens with one attached hydrogen (secondary N) is 2. The molecule has 0 bridgehead atoms. The third-order valence-electron chi connectivity index (χ3n) is 4.26. The van der Waals surface area contributed by atoms with Crippen LogP contribution in [-0.2, 0) is 18.4 Å². The van der Waals surface area contributed by atoms with Gasteiger partial charge in [0.15, 0.2) is 5.96 Å². The van der Waals surface area contributed by atoms with Crippen LogP contribution in [0.4, 0.5) is 0 Å². The minimum atomic E-state index is -0.0350. The maximum atomic E-state index is 4.79. The van der Waals surface area contributed by atoms with E-state index in [2.05, 4.69) is 93.3 Å². The second-order valence-electron chi connectivity index (χ2n) is 6.81. The molecule has 0 fully saturated rings. The fraction of sp³-hybridized carbons (Fsp3) is 0.526. The van der Waals surface area contributed by atoms with E-state index < -0.39 is 0 Å². The number of hydrogen-bond acceptors (Lipinski definition) is 3. The summed E-state index contributed by atoms with van der Waals surface area (Å²) in [6.45, 7) is 11.7. The normalized spacial score (nSPS) is 11.8. The number of guanidine groups is 1. The molecule has 0 aliphatic rings. The Labute approximate surface area is 187 Å². The van der Waals surface area contributed by atoms with Crippen LogP contribution in [0.1, 0.15) is 39.1 Å². The Hall–Kier alpha value is -1.16. The van der Waals surface area contributed by atoms with Gasteiger partial charge in [0, 0.05) is 35.9 Å². The van der Waals surface area contributed by atoms with E-state index in [1.165, 1.54) is 5.56 Å². The average molecular weight is 549 g/mol. The second kappa shape index (κ2) is 11.6. The molecule has 0 atom stereocenters. The number of benzene rings is 1. The van der Waals surface area contributed by atoms with E-state index >= 15 is 0 Å². The molecule has 1 heterocycles. The second-order valence-corrected chi connectivity index (χ2v) is 7.72. The molecular weight excluding hydrogens is 519 g/mol.